The van der Waals surface area contributed by atoms with Crippen LogP contribution >= 0.6 is 0 Å². The predicted octanol–water partition coefficient (Wildman–Crippen LogP) is 1.06. The first kappa shape index (κ1) is 9.86. The summed E-state index contributed by atoms with van der Waals surface area (Å²) in [5.74, 6) is 0. The van der Waals surface area contributed by atoms with Gasteiger partial charge in [0.1, 0.15) is 0 Å². The second-order valence-electron chi connectivity index (χ2n) is 3.38. The van der Waals surface area contributed by atoms with E-state index >= 15 is 0 Å². The molecule has 0 aromatic heterocycles. The van der Waals surface area contributed by atoms with Crippen LogP contribution in [0.15, 0.2) is 0 Å². The highest BCUT2D eigenvalue weighted by Crippen LogP contribution is 2.10. The predicted molar refractivity (Wildman–Crippen MR) is 44.3 cm³/mol. The van der Waals surface area contributed by atoms with Gasteiger partial charge in [0.2, 0.25) is 0 Å². The number of likely N-dealkylation sites (tertiary alicyclic amines) is 1. The third kappa shape index (κ3) is 3.45. The van der Waals surface area contributed by atoms with E-state index in [0.29, 0.717) is 0 Å². The molecule has 1 fully saturated rings. The van der Waals surface area contributed by atoms with E-state index in [1.54, 1.807) is 4.90 Å². The van der Waals surface area contributed by atoms with Gasteiger partial charge >= 0.3 is 0 Å². The van der Waals surface area contributed by atoms with E-state index in [9.17, 15) is 8.78 Å². The van der Waals surface area contributed by atoms with Gasteiger partial charge in [-0.2, -0.15) is 0 Å². The van der Waals surface area contributed by atoms with Crippen LogP contribution in [0, 0.1) is 0 Å². The minimum absolute atomic E-state index is 0.0906. The van der Waals surface area contributed by atoms with Crippen molar-refractivity contribution in [2.24, 2.45) is 5.73 Å². The molecule has 0 saturated carbocycles. The molecule has 12 heavy (non-hydrogen) atoms. The van der Waals surface area contributed by atoms with Crippen LogP contribution in [0.25, 0.3) is 0 Å². The molecule has 1 atom stereocenters. The summed E-state index contributed by atoms with van der Waals surface area (Å²) >= 11 is 0. The quantitative estimate of drug-likeness (QED) is 0.685. The monoisotopic (exact) mass is 178 g/mol. The van der Waals surface area contributed by atoms with Crippen molar-refractivity contribution in [3.05, 3.63) is 0 Å². The third-order valence-corrected chi connectivity index (χ3v) is 2.26. The maximum Gasteiger partial charge on any atom is 0.251 e. The molecule has 2 N–H and O–H groups in total. The minimum Gasteiger partial charge on any atom is -0.328 e. The minimum atomic E-state index is -2.21. The second kappa shape index (κ2) is 4.72. The zero-order chi connectivity index (χ0) is 8.97. The number of halogens is 2. The maximum atomic E-state index is 12.0. The van der Waals surface area contributed by atoms with Crippen LogP contribution in [0.3, 0.4) is 0 Å². The molecule has 0 amide bonds. The molecule has 1 rings (SSSR count). The van der Waals surface area contributed by atoms with Gasteiger partial charge in [0.25, 0.3) is 6.43 Å². The lowest BCUT2D eigenvalue weighted by atomic mass is 10.1. The lowest BCUT2D eigenvalue weighted by molar-refractivity contribution is 0.0898. The smallest absolute Gasteiger partial charge is 0.251 e. The number of hydrogen-bond acceptors (Lipinski definition) is 2. The molecule has 2 nitrogen and oxygen atoms in total. The highest BCUT2D eigenvalue weighted by atomic mass is 19.3. The Morgan fingerprint density at radius 1 is 1.33 bits per heavy atom. The maximum absolute atomic E-state index is 12.0. The molecule has 0 bridgehead atoms. The summed E-state index contributed by atoms with van der Waals surface area (Å²) < 4.78 is 24.0. The number of nitrogens with two attached hydrogens (primary N) is 1. The van der Waals surface area contributed by atoms with Gasteiger partial charge in [0.05, 0.1) is 6.54 Å². The van der Waals surface area contributed by atoms with E-state index in [4.69, 9.17) is 5.73 Å². The van der Waals surface area contributed by atoms with E-state index in [1.165, 1.54) is 0 Å². The Morgan fingerprint density at radius 3 is 2.75 bits per heavy atom. The van der Waals surface area contributed by atoms with Gasteiger partial charge in [-0.05, 0) is 32.4 Å². The van der Waals surface area contributed by atoms with Gasteiger partial charge in [0, 0.05) is 6.04 Å². The Bertz CT molecular complexity index is 130. The SMILES string of the molecule is NC1CCCN(CC(F)F)CC1. The molecule has 1 saturated heterocycles. The summed E-state index contributed by atoms with van der Waals surface area (Å²) in [6.07, 6.45) is 0.569. The van der Waals surface area contributed by atoms with Gasteiger partial charge in [-0.25, -0.2) is 8.78 Å². The second-order valence-corrected chi connectivity index (χ2v) is 3.38. The Hall–Kier alpha value is -0.220. The van der Waals surface area contributed by atoms with Crippen molar-refractivity contribution >= 4 is 0 Å². The van der Waals surface area contributed by atoms with Crippen LogP contribution in [-0.4, -0.2) is 37.0 Å². The fourth-order valence-electron chi connectivity index (χ4n) is 1.56. The molecule has 0 aliphatic carbocycles. The molecule has 1 aliphatic rings. The lowest BCUT2D eigenvalue weighted by Crippen LogP contribution is -2.30. The number of rotatable bonds is 2. The Kier molecular flexibility index (Phi) is 3.88. The number of alkyl halides is 2. The number of hydrogen-bond donors (Lipinski definition) is 1. The lowest BCUT2D eigenvalue weighted by Gasteiger charge is -2.18. The molecule has 72 valence electrons. The van der Waals surface area contributed by atoms with Crippen molar-refractivity contribution in [2.45, 2.75) is 31.7 Å². The molecule has 0 radical (unpaired) electrons. The first-order chi connectivity index (χ1) is 5.68. The summed E-state index contributed by atoms with van der Waals surface area (Å²) in [7, 11) is 0. The zero-order valence-electron chi connectivity index (χ0n) is 7.18. The van der Waals surface area contributed by atoms with Crippen LogP contribution in [0.5, 0.6) is 0 Å². The van der Waals surface area contributed by atoms with Crippen molar-refractivity contribution in [1.29, 1.82) is 0 Å². The van der Waals surface area contributed by atoms with E-state index in [0.717, 1.165) is 32.4 Å². The van der Waals surface area contributed by atoms with Gasteiger partial charge < -0.3 is 5.73 Å². The van der Waals surface area contributed by atoms with Crippen LogP contribution in [0.2, 0.25) is 0 Å². The molecule has 0 aromatic rings. The Balaban J connectivity index is 2.26. The van der Waals surface area contributed by atoms with Crippen molar-refractivity contribution < 1.29 is 8.78 Å². The van der Waals surface area contributed by atoms with Gasteiger partial charge in [-0.15, -0.1) is 0 Å². The average molecular weight is 178 g/mol. The first-order valence-electron chi connectivity index (χ1n) is 4.44. The fourth-order valence-corrected chi connectivity index (χ4v) is 1.56. The highest BCUT2D eigenvalue weighted by Gasteiger charge is 2.16. The fraction of sp³-hybridized carbons (Fsp3) is 1.00. The molecule has 1 unspecified atom stereocenters. The molecular weight excluding hydrogens is 162 g/mol. The normalized spacial score (nSPS) is 27.5. The van der Waals surface area contributed by atoms with Crippen molar-refractivity contribution in [3.8, 4) is 0 Å². The van der Waals surface area contributed by atoms with Crippen LogP contribution in [0.1, 0.15) is 19.3 Å². The third-order valence-electron chi connectivity index (χ3n) is 2.26. The van der Waals surface area contributed by atoms with E-state index < -0.39 is 6.43 Å². The summed E-state index contributed by atoms with van der Waals surface area (Å²) in [5, 5.41) is 0. The molecular formula is C8H16F2N2. The largest absolute Gasteiger partial charge is 0.328 e. The average Bonchev–Trinajstić information content (AvgIpc) is 2.15. The van der Waals surface area contributed by atoms with Crippen molar-refractivity contribution in [1.82, 2.24) is 4.90 Å². The molecule has 0 spiro atoms. The number of nitrogens with zero attached hydrogens (tertiary/aromatic N) is 1. The Morgan fingerprint density at radius 2 is 2.08 bits per heavy atom. The van der Waals surface area contributed by atoms with Crippen LogP contribution < -0.4 is 5.73 Å². The van der Waals surface area contributed by atoms with E-state index in [2.05, 4.69) is 0 Å². The molecule has 0 aromatic carbocycles. The van der Waals surface area contributed by atoms with E-state index in [-0.39, 0.29) is 12.6 Å². The summed E-state index contributed by atoms with van der Waals surface area (Å²) in [6, 6.07) is 0.215. The van der Waals surface area contributed by atoms with Crippen LogP contribution in [0.4, 0.5) is 8.78 Å². The van der Waals surface area contributed by atoms with Gasteiger partial charge in [0.15, 0.2) is 0 Å². The molecule has 1 aliphatic heterocycles. The highest BCUT2D eigenvalue weighted by molar-refractivity contribution is 4.71. The van der Waals surface area contributed by atoms with E-state index in [1.807, 2.05) is 0 Å². The molecule has 4 heteroatoms. The van der Waals surface area contributed by atoms with Crippen molar-refractivity contribution in [2.75, 3.05) is 19.6 Å². The van der Waals surface area contributed by atoms with Crippen molar-refractivity contribution in [3.63, 3.8) is 0 Å². The topological polar surface area (TPSA) is 29.3 Å². The summed E-state index contributed by atoms with van der Waals surface area (Å²) in [6.45, 7) is 1.41. The summed E-state index contributed by atoms with van der Waals surface area (Å²) in [4.78, 5) is 1.80. The standard InChI is InChI=1S/C8H16F2N2/c9-8(10)6-12-4-1-2-7(11)3-5-12/h7-8H,1-6,11H2. The molecule has 1 heterocycles. The van der Waals surface area contributed by atoms with Gasteiger partial charge in [-0.3, -0.25) is 4.90 Å². The van der Waals surface area contributed by atoms with Gasteiger partial charge in [-0.1, -0.05) is 0 Å². The Labute approximate surface area is 71.7 Å². The zero-order valence-corrected chi connectivity index (χ0v) is 7.18. The summed E-state index contributed by atoms with van der Waals surface area (Å²) in [5.41, 5.74) is 5.71. The van der Waals surface area contributed by atoms with Crippen LogP contribution in [-0.2, 0) is 0 Å². The first-order valence-corrected chi connectivity index (χ1v) is 4.44.